The molecule has 0 radical (unpaired) electrons. The van der Waals surface area contributed by atoms with Gasteiger partial charge in [0.2, 0.25) is 0 Å². The van der Waals surface area contributed by atoms with Crippen LogP contribution in [0, 0.1) is 5.92 Å². The van der Waals surface area contributed by atoms with Gasteiger partial charge in [-0.15, -0.1) is 0 Å². The highest BCUT2D eigenvalue weighted by Gasteiger charge is 2.38. The molecule has 3 aromatic carbocycles. The molecular weight excluding hydrogens is 448 g/mol. The van der Waals surface area contributed by atoms with Crippen molar-refractivity contribution in [2.24, 2.45) is 5.92 Å². The van der Waals surface area contributed by atoms with Gasteiger partial charge in [-0.3, -0.25) is 4.72 Å². The lowest BCUT2D eigenvalue weighted by Gasteiger charge is -2.37. The Labute approximate surface area is 200 Å². The third-order valence-electron chi connectivity index (χ3n) is 6.52. The fourth-order valence-electron chi connectivity index (χ4n) is 4.91. The smallest absolute Gasteiger partial charge is 0.261 e. The lowest BCUT2D eigenvalue weighted by molar-refractivity contribution is 0.340. The Balaban J connectivity index is 1.44. The third kappa shape index (κ3) is 4.23. The molecule has 0 amide bonds. The summed E-state index contributed by atoms with van der Waals surface area (Å²) in [6, 6.07) is 20.6. The first-order chi connectivity index (χ1) is 16.5. The molecule has 0 spiro atoms. The van der Waals surface area contributed by atoms with Gasteiger partial charge in [0.25, 0.3) is 10.0 Å². The van der Waals surface area contributed by atoms with Crippen molar-refractivity contribution in [2.45, 2.75) is 30.2 Å². The number of hydrogen-bond donors (Lipinski definition) is 2. The lowest BCUT2D eigenvalue weighted by atomic mass is 9.77. The predicted octanol–water partition coefficient (Wildman–Crippen LogP) is 5.72. The summed E-state index contributed by atoms with van der Waals surface area (Å²) in [4.78, 5) is 0.245. The molecule has 1 aliphatic heterocycles. The van der Waals surface area contributed by atoms with Gasteiger partial charge in [0, 0.05) is 17.7 Å². The number of fused-ring (bicyclic) bond motifs is 3. The van der Waals surface area contributed by atoms with Crippen molar-refractivity contribution in [3.8, 4) is 11.5 Å². The molecule has 0 saturated carbocycles. The minimum absolute atomic E-state index is 0.139. The van der Waals surface area contributed by atoms with E-state index in [0.29, 0.717) is 24.0 Å². The molecule has 5 rings (SSSR count). The van der Waals surface area contributed by atoms with Crippen LogP contribution in [-0.4, -0.2) is 22.1 Å². The van der Waals surface area contributed by atoms with Gasteiger partial charge in [0.05, 0.1) is 30.3 Å². The van der Waals surface area contributed by atoms with Crippen LogP contribution >= 0.6 is 0 Å². The van der Waals surface area contributed by atoms with E-state index in [2.05, 4.69) is 34.3 Å². The average Bonchev–Trinajstić information content (AvgIpc) is 3.34. The maximum Gasteiger partial charge on any atom is 0.261 e. The van der Waals surface area contributed by atoms with Gasteiger partial charge in [0.15, 0.2) is 0 Å². The number of nitrogens with one attached hydrogen (secondary N) is 2. The molecule has 0 bridgehead atoms. The maximum atomic E-state index is 13.1. The van der Waals surface area contributed by atoms with Gasteiger partial charge < -0.3 is 14.8 Å². The van der Waals surface area contributed by atoms with Gasteiger partial charge in [-0.05, 0) is 72.9 Å². The van der Waals surface area contributed by atoms with Crippen LogP contribution < -0.4 is 19.5 Å². The van der Waals surface area contributed by atoms with Crippen LogP contribution in [0.2, 0.25) is 0 Å². The number of hydrogen-bond acceptors (Lipinski definition) is 5. The molecule has 34 heavy (non-hydrogen) atoms. The first kappa shape index (κ1) is 22.3. The Kier molecular flexibility index (Phi) is 5.96. The Hall–Kier alpha value is -3.45. The van der Waals surface area contributed by atoms with Crippen LogP contribution in [0.4, 0.5) is 11.4 Å². The summed E-state index contributed by atoms with van der Waals surface area (Å²) in [6.07, 6.45) is 5.34. The van der Waals surface area contributed by atoms with Crippen molar-refractivity contribution in [2.75, 3.05) is 23.8 Å². The zero-order chi connectivity index (χ0) is 23.7. The van der Waals surface area contributed by atoms with Crippen molar-refractivity contribution < 1.29 is 17.9 Å². The van der Waals surface area contributed by atoms with E-state index in [-0.39, 0.29) is 16.9 Å². The molecule has 2 N–H and O–H groups in total. The molecule has 3 atom stereocenters. The predicted molar refractivity (Wildman–Crippen MR) is 134 cm³/mol. The number of anilines is 2. The van der Waals surface area contributed by atoms with Crippen LogP contribution in [0.5, 0.6) is 11.5 Å². The topological polar surface area (TPSA) is 76.7 Å². The zero-order valence-electron chi connectivity index (χ0n) is 19.2. The van der Waals surface area contributed by atoms with Gasteiger partial charge in [-0.1, -0.05) is 30.4 Å². The van der Waals surface area contributed by atoms with Crippen molar-refractivity contribution in [3.05, 3.63) is 90.0 Å². The first-order valence-electron chi connectivity index (χ1n) is 11.5. The average molecular weight is 477 g/mol. The molecule has 3 aromatic rings. The highest BCUT2D eigenvalue weighted by atomic mass is 32.2. The Morgan fingerprint density at radius 1 is 1.03 bits per heavy atom. The molecule has 2 aliphatic rings. The maximum absolute atomic E-state index is 13.1. The summed E-state index contributed by atoms with van der Waals surface area (Å²) in [5.41, 5.74) is 3.63. The number of sulfonamides is 1. The molecule has 7 heteroatoms. The van der Waals surface area contributed by atoms with E-state index in [4.69, 9.17) is 9.47 Å². The van der Waals surface area contributed by atoms with E-state index in [0.717, 1.165) is 23.4 Å². The van der Waals surface area contributed by atoms with E-state index >= 15 is 0 Å². The van der Waals surface area contributed by atoms with Crippen molar-refractivity contribution >= 4 is 21.4 Å². The standard InChI is InChI=1S/C27H28N2O4S/c1-3-33-20-12-10-18(11-13-20)27-24-9-5-8-23(24)25-17-22(14-15-26(25)28-27)34(30,31)29-19-6-4-7-21(16-19)32-2/h4-8,10-17,23-24,27-29H,3,9H2,1-2H3/t23-,24+,27+/m0/s1. The van der Waals surface area contributed by atoms with Crippen molar-refractivity contribution in [1.29, 1.82) is 0 Å². The molecule has 0 fully saturated rings. The summed E-state index contributed by atoms with van der Waals surface area (Å²) < 4.78 is 39.8. The Morgan fingerprint density at radius 3 is 2.62 bits per heavy atom. The minimum Gasteiger partial charge on any atom is -0.497 e. The summed E-state index contributed by atoms with van der Waals surface area (Å²) in [5, 5.41) is 3.67. The number of ether oxygens (including phenoxy) is 2. The van der Waals surface area contributed by atoms with E-state index in [1.165, 1.54) is 5.56 Å². The van der Waals surface area contributed by atoms with Gasteiger partial charge in [-0.2, -0.15) is 0 Å². The van der Waals surface area contributed by atoms with E-state index in [1.54, 1.807) is 43.5 Å². The second-order valence-corrected chi connectivity index (χ2v) is 10.2. The zero-order valence-corrected chi connectivity index (χ0v) is 20.0. The lowest BCUT2D eigenvalue weighted by Crippen LogP contribution is -2.29. The summed E-state index contributed by atoms with van der Waals surface area (Å²) in [7, 11) is -2.20. The second kappa shape index (κ2) is 9.06. The van der Waals surface area contributed by atoms with E-state index in [1.807, 2.05) is 25.1 Å². The highest BCUT2D eigenvalue weighted by molar-refractivity contribution is 7.92. The molecule has 0 saturated heterocycles. The molecular formula is C27H28N2O4S. The second-order valence-electron chi connectivity index (χ2n) is 8.56. The van der Waals surface area contributed by atoms with E-state index < -0.39 is 10.0 Å². The normalized spacial score (nSPS) is 20.7. The first-order valence-corrected chi connectivity index (χ1v) is 12.9. The summed E-state index contributed by atoms with van der Waals surface area (Å²) in [5.74, 6) is 1.92. The fourth-order valence-corrected chi connectivity index (χ4v) is 5.99. The SMILES string of the molecule is CCOc1ccc([C@H]2Nc3ccc(S(=O)(=O)Nc4cccc(OC)c4)cc3[C@H]3C=CC[C@H]32)cc1. The quantitative estimate of drug-likeness (QED) is 0.427. The molecule has 1 aliphatic carbocycles. The largest absolute Gasteiger partial charge is 0.497 e. The van der Waals surface area contributed by atoms with Crippen LogP contribution in [0.1, 0.15) is 36.4 Å². The van der Waals surface area contributed by atoms with Crippen LogP contribution in [0.15, 0.2) is 83.8 Å². The monoisotopic (exact) mass is 476 g/mol. The molecule has 0 aromatic heterocycles. The fraction of sp³-hybridized carbons (Fsp3) is 0.259. The third-order valence-corrected chi connectivity index (χ3v) is 7.90. The van der Waals surface area contributed by atoms with E-state index in [9.17, 15) is 8.42 Å². The Morgan fingerprint density at radius 2 is 1.85 bits per heavy atom. The number of methoxy groups -OCH3 is 1. The minimum atomic E-state index is -3.75. The molecule has 176 valence electrons. The molecule has 6 nitrogen and oxygen atoms in total. The summed E-state index contributed by atoms with van der Waals surface area (Å²) in [6.45, 7) is 2.62. The Bertz CT molecular complexity index is 1320. The molecule has 0 unspecified atom stereocenters. The van der Waals surface area contributed by atoms with Crippen LogP contribution in [0.3, 0.4) is 0 Å². The van der Waals surface area contributed by atoms with Crippen molar-refractivity contribution in [1.82, 2.24) is 0 Å². The van der Waals surface area contributed by atoms with Crippen LogP contribution in [-0.2, 0) is 10.0 Å². The van der Waals surface area contributed by atoms with Gasteiger partial charge in [-0.25, -0.2) is 8.42 Å². The van der Waals surface area contributed by atoms with Crippen molar-refractivity contribution in [3.63, 3.8) is 0 Å². The van der Waals surface area contributed by atoms with Gasteiger partial charge >= 0.3 is 0 Å². The number of benzene rings is 3. The number of allylic oxidation sites excluding steroid dienone is 2. The molecule has 1 heterocycles. The van der Waals surface area contributed by atoms with Crippen LogP contribution in [0.25, 0.3) is 0 Å². The highest BCUT2D eigenvalue weighted by Crippen LogP contribution is 2.50. The number of rotatable bonds is 7. The summed E-state index contributed by atoms with van der Waals surface area (Å²) >= 11 is 0. The van der Waals surface area contributed by atoms with Gasteiger partial charge in [0.1, 0.15) is 11.5 Å².